The van der Waals surface area contributed by atoms with Crippen molar-refractivity contribution in [3.8, 4) is 12.1 Å². The third kappa shape index (κ3) is 4.74. The van der Waals surface area contributed by atoms with E-state index in [0.717, 1.165) is 42.5 Å². The lowest BCUT2D eigenvalue weighted by Crippen LogP contribution is -2.45. The summed E-state index contributed by atoms with van der Waals surface area (Å²) in [6.07, 6.45) is 3.48. The minimum absolute atomic E-state index is 0.101. The molecule has 0 amide bonds. The van der Waals surface area contributed by atoms with Crippen molar-refractivity contribution in [2.45, 2.75) is 6.92 Å². The van der Waals surface area contributed by atoms with E-state index in [9.17, 15) is 0 Å². The van der Waals surface area contributed by atoms with E-state index < -0.39 is 0 Å². The summed E-state index contributed by atoms with van der Waals surface area (Å²) < 4.78 is 0. The average Bonchev–Trinajstić information content (AvgIpc) is 2.73. The van der Waals surface area contributed by atoms with Crippen LogP contribution in [-0.2, 0) is 0 Å². The molecule has 4 nitrogen and oxygen atoms in total. The van der Waals surface area contributed by atoms with Gasteiger partial charge in [0, 0.05) is 42.6 Å². The topological polar surface area (TPSA) is 54.1 Å². The largest absolute Gasteiger partial charge is 0.368 e. The van der Waals surface area contributed by atoms with E-state index in [2.05, 4.69) is 41.0 Å². The lowest BCUT2D eigenvalue weighted by atomic mass is 10.1. The Labute approximate surface area is 171 Å². The number of nitrogens with zero attached hydrogens (tertiary/aromatic N) is 4. The van der Waals surface area contributed by atoms with Crippen LogP contribution in [0.3, 0.4) is 0 Å². The SMILES string of the molecule is Cc1ccc(C(=CC=C(C#N)C#N)N2CCN(c3ccc(Cl)cc3)CC2)cc1. The molecule has 5 heteroatoms. The van der Waals surface area contributed by atoms with Gasteiger partial charge < -0.3 is 9.80 Å². The zero-order valence-electron chi connectivity index (χ0n) is 15.8. The van der Waals surface area contributed by atoms with Gasteiger partial charge in [0.05, 0.1) is 0 Å². The number of rotatable bonds is 4. The molecule has 2 aromatic carbocycles. The molecule has 0 unspecified atom stereocenters. The number of allylic oxidation sites excluding steroid dienone is 3. The summed E-state index contributed by atoms with van der Waals surface area (Å²) in [5.74, 6) is 0. The second-order valence-electron chi connectivity index (χ2n) is 6.67. The van der Waals surface area contributed by atoms with Crippen molar-refractivity contribution in [3.05, 3.63) is 82.4 Å². The summed E-state index contributed by atoms with van der Waals surface area (Å²) in [4.78, 5) is 4.64. The van der Waals surface area contributed by atoms with Gasteiger partial charge in [-0.2, -0.15) is 10.5 Å². The van der Waals surface area contributed by atoms with Crippen LogP contribution in [0.4, 0.5) is 5.69 Å². The molecule has 28 heavy (non-hydrogen) atoms. The summed E-state index contributed by atoms with van der Waals surface area (Å²) in [6.45, 7) is 5.53. The fraction of sp³-hybridized carbons (Fsp3) is 0.217. The Hall–Kier alpha value is -3.21. The molecule has 1 fully saturated rings. The van der Waals surface area contributed by atoms with Crippen LogP contribution in [0.15, 0.2) is 66.3 Å². The third-order valence-electron chi connectivity index (χ3n) is 4.81. The molecule has 0 spiro atoms. The maximum atomic E-state index is 9.04. The summed E-state index contributed by atoms with van der Waals surface area (Å²) in [6, 6.07) is 20.1. The molecule has 0 radical (unpaired) electrons. The van der Waals surface area contributed by atoms with Crippen molar-refractivity contribution in [2.24, 2.45) is 0 Å². The van der Waals surface area contributed by atoms with Crippen molar-refractivity contribution >= 4 is 23.0 Å². The van der Waals surface area contributed by atoms with Crippen LogP contribution in [-0.4, -0.2) is 31.1 Å². The molecule has 1 aliphatic heterocycles. The fourth-order valence-electron chi connectivity index (χ4n) is 3.23. The Balaban J connectivity index is 1.82. The zero-order chi connectivity index (χ0) is 19.9. The molecule has 0 aromatic heterocycles. The van der Waals surface area contributed by atoms with E-state index in [1.807, 2.05) is 42.5 Å². The van der Waals surface area contributed by atoms with Gasteiger partial charge in [-0.15, -0.1) is 0 Å². The molecule has 1 heterocycles. The Morgan fingerprint density at radius 1 is 0.893 bits per heavy atom. The first kappa shape index (κ1) is 19.5. The van der Waals surface area contributed by atoms with Crippen LogP contribution in [0.5, 0.6) is 0 Å². The normalized spacial score (nSPS) is 14.2. The maximum Gasteiger partial charge on any atom is 0.129 e. The number of anilines is 1. The van der Waals surface area contributed by atoms with Crippen molar-refractivity contribution in [1.82, 2.24) is 4.90 Å². The van der Waals surface area contributed by atoms with Crippen LogP contribution >= 0.6 is 11.6 Å². The van der Waals surface area contributed by atoms with E-state index >= 15 is 0 Å². The molecule has 0 N–H and O–H groups in total. The second kappa shape index (κ2) is 9.13. The summed E-state index contributed by atoms with van der Waals surface area (Å²) in [5.41, 5.74) is 4.57. The fourth-order valence-corrected chi connectivity index (χ4v) is 3.35. The smallest absolute Gasteiger partial charge is 0.129 e. The van der Waals surface area contributed by atoms with Gasteiger partial charge >= 0.3 is 0 Å². The molecule has 1 saturated heterocycles. The van der Waals surface area contributed by atoms with E-state index in [-0.39, 0.29) is 5.57 Å². The Kier molecular flexibility index (Phi) is 6.37. The monoisotopic (exact) mass is 388 g/mol. The highest BCUT2D eigenvalue weighted by Crippen LogP contribution is 2.25. The molecule has 0 atom stereocenters. The first-order valence-electron chi connectivity index (χ1n) is 9.15. The Bertz CT molecular complexity index is 936. The van der Waals surface area contributed by atoms with Gasteiger partial charge in [-0.1, -0.05) is 41.4 Å². The average molecular weight is 389 g/mol. The minimum atomic E-state index is 0.101. The molecule has 2 aromatic rings. The van der Waals surface area contributed by atoms with Crippen LogP contribution < -0.4 is 4.90 Å². The van der Waals surface area contributed by atoms with Gasteiger partial charge in [-0.25, -0.2) is 0 Å². The number of piperazine rings is 1. The number of halogens is 1. The minimum Gasteiger partial charge on any atom is -0.368 e. The predicted octanol–water partition coefficient (Wildman–Crippen LogP) is 4.79. The number of benzene rings is 2. The van der Waals surface area contributed by atoms with E-state index in [1.165, 1.54) is 11.3 Å². The van der Waals surface area contributed by atoms with Gasteiger partial charge in [-0.3, -0.25) is 0 Å². The van der Waals surface area contributed by atoms with Gasteiger partial charge in [0.25, 0.3) is 0 Å². The molecular weight excluding hydrogens is 368 g/mol. The summed E-state index contributed by atoms with van der Waals surface area (Å²) >= 11 is 5.99. The van der Waals surface area contributed by atoms with Crippen LogP contribution in [0.1, 0.15) is 11.1 Å². The van der Waals surface area contributed by atoms with Crippen molar-refractivity contribution in [3.63, 3.8) is 0 Å². The third-order valence-corrected chi connectivity index (χ3v) is 5.06. The zero-order valence-corrected chi connectivity index (χ0v) is 16.5. The number of hydrogen-bond donors (Lipinski definition) is 0. The molecule has 0 bridgehead atoms. The van der Waals surface area contributed by atoms with Crippen LogP contribution in [0, 0.1) is 29.6 Å². The van der Waals surface area contributed by atoms with Gasteiger partial charge in [0.15, 0.2) is 0 Å². The second-order valence-corrected chi connectivity index (χ2v) is 7.11. The highest BCUT2D eigenvalue weighted by Gasteiger charge is 2.20. The summed E-state index contributed by atoms with van der Waals surface area (Å²) in [5, 5.41) is 18.8. The molecule has 3 rings (SSSR count). The number of hydrogen-bond acceptors (Lipinski definition) is 4. The van der Waals surface area contributed by atoms with Gasteiger partial charge in [0.2, 0.25) is 0 Å². The Morgan fingerprint density at radius 2 is 1.50 bits per heavy atom. The first-order chi connectivity index (χ1) is 13.6. The standard InChI is InChI=1S/C23H21ClN4/c1-18-2-5-20(6-3-18)23(11-4-19(16-25)17-26)28-14-12-27(13-15-28)22-9-7-21(24)8-10-22/h2-11H,12-15H2,1H3. The maximum absolute atomic E-state index is 9.04. The van der Waals surface area contributed by atoms with Crippen LogP contribution in [0.2, 0.25) is 5.02 Å². The van der Waals surface area contributed by atoms with Crippen molar-refractivity contribution < 1.29 is 0 Å². The van der Waals surface area contributed by atoms with Crippen LogP contribution in [0.25, 0.3) is 5.70 Å². The molecule has 0 saturated carbocycles. The molecular formula is C23H21ClN4. The quantitative estimate of drug-likeness (QED) is 0.558. The van der Waals surface area contributed by atoms with Gasteiger partial charge in [-0.05, 0) is 48.9 Å². The molecule has 140 valence electrons. The first-order valence-corrected chi connectivity index (χ1v) is 9.53. The van der Waals surface area contributed by atoms with Crippen molar-refractivity contribution in [1.29, 1.82) is 10.5 Å². The number of nitriles is 2. The summed E-state index contributed by atoms with van der Waals surface area (Å²) in [7, 11) is 0. The highest BCUT2D eigenvalue weighted by atomic mass is 35.5. The predicted molar refractivity (Wildman–Crippen MR) is 114 cm³/mol. The molecule has 0 aliphatic carbocycles. The van der Waals surface area contributed by atoms with E-state index in [4.69, 9.17) is 22.1 Å². The molecule has 1 aliphatic rings. The van der Waals surface area contributed by atoms with E-state index in [1.54, 1.807) is 6.08 Å². The van der Waals surface area contributed by atoms with E-state index in [0.29, 0.717) is 0 Å². The lowest BCUT2D eigenvalue weighted by molar-refractivity contribution is 0.367. The number of aryl methyl sites for hydroxylation is 1. The van der Waals surface area contributed by atoms with Gasteiger partial charge in [0.1, 0.15) is 17.7 Å². The highest BCUT2D eigenvalue weighted by molar-refractivity contribution is 6.30. The van der Waals surface area contributed by atoms with Crippen molar-refractivity contribution in [2.75, 3.05) is 31.1 Å². The lowest BCUT2D eigenvalue weighted by Gasteiger charge is -2.38. The Morgan fingerprint density at radius 3 is 2.07 bits per heavy atom.